The number of fused-ring (bicyclic) bond motifs is 1. The average molecular weight is 242 g/mol. The Bertz CT molecular complexity index is 566. The number of aromatic nitrogens is 1. The van der Waals surface area contributed by atoms with Crippen molar-refractivity contribution in [1.82, 2.24) is 10.3 Å². The molecular weight excluding hydrogens is 224 g/mol. The highest BCUT2D eigenvalue weighted by Crippen LogP contribution is 2.18. The molecule has 4 N–H and O–H groups in total. The summed E-state index contributed by atoms with van der Waals surface area (Å²) in [6.45, 7) is 0.738. The SMILES string of the molecule is NC(=NCCc1ccc2[nH]ccc2c1)NC1CC1. The summed E-state index contributed by atoms with van der Waals surface area (Å²) in [5.41, 5.74) is 8.26. The first-order valence-electron chi connectivity index (χ1n) is 6.44. The maximum atomic E-state index is 5.79. The summed E-state index contributed by atoms with van der Waals surface area (Å²) in [5, 5.41) is 4.44. The normalized spacial score (nSPS) is 16.1. The maximum Gasteiger partial charge on any atom is 0.188 e. The van der Waals surface area contributed by atoms with Gasteiger partial charge in [0.2, 0.25) is 0 Å². The first-order valence-corrected chi connectivity index (χ1v) is 6.44. The number of benzene rings is 1. The second-order valence-corrected chi connectivity index (χ2v) is 4.83. The summed E-state index contributed by atoms with van der Waals surface area (Å²) < 4.78 is 0. The molecule has 18 heavy (non-hydrogen) atoms. The smallest absolute Gasteiger partial charge is 0.188 e. The Morgan fingerprint density at radius 3 is 3.11 bits per heavy atom. The molecule has 1 saturated carbocycles. The first-order chi connectivity index (χ1) is 8.81. The topological polar surface area (TPSA) is 66.2 Å². The third kappa shape index (κ3) is 2.64. The van der Waals surface area contributed by atoms with Crippen LogP contribution in [0.25, 0.3) is 10.9 Å². The Balaban J connectivity index is 1.58. The molecule has 0 radical (unpaired) electrons. The molecule has 0 bridgehead atoms. The van der Waals surface area contributed by atoms with E-state index in [0.29, 0.717) is 12.0 Å². The fourth-order valence-corrected chi connectivity index (χ4v) is 2.05. The van der Waals surface area contributed by atoms with E-state index >= 15 is 0 Å². The van der Waals surface area contributed by atoms with E-state index in [1.54, 1.807) is 0 Å². The van der Waals surface area contributed by atoms with Crippen molar-refractivity contribution in [3.63, 3.8) is 0 Å². The van der Waals surface area contributed by atoms with Gasteiger partial charge >= 0.3 is 0 Å². The van der Waals surface area contributed by atoms with Gasteiger partial charge in [0.05, 0.1) is 0 Å². The zero-order chi connectivity index (χ0) is 12.4. The van der Waals surface area contributed by atoms with Crippen molar-refractivity contribution in [3.8, 4) is 0 Å². The van der Waals surface area contributed by atoms with Crippen molar-refractivity contribution in [2.45, 2.75) is 25.3 Å². The predicted octanol–water partition coefficient (Wildman–Crippen LogP) is 1.78. The summed E-state index contributed by atoms with van der Waals surface area (Å²) in [7, 11) is 0. The minimum absolute atomic E-state index is 0.574. The molecule has 1 aromatic heterocycles. The second kappa shape index (κ2) is 4.72. The van der Waals surface area contributed by atoms with Gasteiger partial charge in [-0.05, 0) is 48.4 Å². The van der Waals surface area contributed by atoms with Crippen LogP contribution in [0.15, 0.2) is 35.5 Å². The van der Waals surface area contributed by atoms with Crippen LogP contribution in [0.2, 0.25) is 0 Å². The molecule has 0 saturated heterocycles. The van der Waals surface area contributed by atoms with E-state index in [9.17, 15) is 0 Å². The number of H-pyrrole nitrogens is 1. The number of rotatable bonds is 4. The lowest BCUT2D eigenvalue weighted by molar-refractivity contribution is 0.870. The van der Waals surface area contributed by atoms with Gasteiger partial charge in [-0.25, -0.2) is 0 Å². The summed E-state index contributed by atoms with van der Waals surface area (Å²) in [6.07, 6.45) is 5.33. The summed E-state index contributed by atoms with van der Waals surface area (Å²) >= 11 is 0. The quantitative estimate of drug-likeness (QED) is 0.565. The van der Waals surface area contributed by atoms with Crippen LogP contribution in [0.3, 0.4) is 0 Å². The van der Waals surface area contributed by atoms with Gasteiger partial charge in [-0.15, -0.1) is 0 Å². The fraction of sp³-hybridized carbons (Fsp3) is 0.357. The molecule has 0 aliphatic heterocycles. The van der Waals surface area contributed by atoms with Crippen LogP contribution in [0.1, 0.15) is 18.4 Å². The van der Waals surface area contributed by atoms with Crippen molar-refractivity contribution in [2.75, 3.05) is 6.54 Å². The van der Waals surface area contributed by atoms with E-state index in [2.05, 4.69) is 39.6 Å². The van der Waals surface area contributed by atoms with E-state index in [4.69, 9.17) is 5.73 Å². The van der Waals surface area contributed by atoms with Crippen LogP contribution in [0.5, 0.6) is 0 Å². The van der Waals surface area contributed by atoms with Crippen molar-refractivity contribution in [1.29, 1.82) is 0 Å². The predicted molar refractivity (Wildman–Crippen MR) is 74.6 cm³/mol. The minimum Gasteiger partial charge on any atom is -0.370 e. The number of aromatic amines is 1. The second-order valence-electron chi connectivity index (χ2n) is 4.83. The van der Waals surface area contributed by atoms with Gasteiger partial charge in [-0.1, -0.05) is 6.07 Å². The van der Waals surface area contributed by atoms with Gasteiger partial charge in [0.1, 0.15) is 0 Å². The van der Waals surface area contributed by atoms with E-state index < -0.39 is 0 Å². The fourth-order valence-electron chi connectivity index (χ4n) is 2.05. The standard InChI is InChI=1S/C14H18N4/c15-14(18-12-2-3-12)17-7-5-10-1-4-13-11(9-10)6-8-16-13/h1,4,6,8-9,12,16H,2-3,5,7H2,(H3,15,17,18). The molecule has 1 aromatic carbocycles. The van der Waals surface area contributed by atoms with Crippen molar-refractivity contribution in [3.05, 3.63) is 36.0 Å². The molecule has 4 nitrogen and oxygen atoms in total. The number of hydrogen-bond donors (Lipinski definition) is 3. The number of nitrogens with one attached hydrogen (secondary N) is 2. The molecule has 1 aliphatic rings. The van der Waals surface area contributed by atoms with Crippen LogP contribution in [-0.4, -0.2) is 23.5 Å². The minimum atomic E-state index is 0.574. The van der Waals surface area contributed by atoms with Crippen LogP contribution < -0.4 is 11.1 Å². The summed E-state index contributed by atoms with van der Waals surface area (Å²) in [4.78, 5) is 7.53. The highest BCUT2D eigenvalue weighted by Gasteiger charge is 2.21. The molecule has 1 fully saturated rings. The zero-order valence-corrected chi connectivity index (χ0v) is 10.3. The molecule has 2 aromatic rings. The molecule has 0 amide bonds. The van der Waals surface area contributed by atoms with Crippen molar-refractivity contribution in [2.24, 2.45) is 10.7 Å². The van der Waals surface area contributed by atoms with Crippen LogP contribution in [0, 0.1) is 0 Å². The Morgan fingerprint density at radius 2 is 2.28 bits per heavy atom. The van der Waals surface area contributed by atoms with Gasteiger partial charge in [0, 0.05) is 24.3 Å². The number of nitrogens with zero attached hydrogens (tertiary/aromatic N) is 1. The van der Waals surface area contributed by atoms with Gasteiger partial charge in [-0.3, -0.25) is 4.99 Å². The first kappa shape index (κ1) is 11.1. The van der Waals surface area contributed by atoms with Crippen LogP contribution in [0.4, 0.5) is 0 Å². The van der Waals surface area contributed by atoms with Gasteiger partial charge in [0.25, 0.3) is 0 Å². The third-order valence-corrected chi connectivity index (χ3v) is 3.23. The molecule has 0 unspecified atom stereocenters. The van der Waals surface area contributed by atoms with E-state index in [-0.39, 0.29) is 0 Å². The molecule has 4 heteroatoms. The summed E-state index contributed by atoms with van der Waals surface area (Å²) in [5.74, 6) is 0.584. The molecule has 1 heterocycles. The number of nitrogens with two attached hydrogens (primary N) is 1. The number of hydrogen-bond acceptors (Lipinski definition) is 1. The monoisotopic (exact) mass is 242 g/mol. The van der Waals surface area contributed by atoms with Crippen molar-refractivity contribution < 1.29 is 0 Å². The van der Waals surface area contributed by atoms with Crippen LogP contribution in [-0.2, 0) is 6.42 Å². The molecule has 94 valence electrons. The molecule has 3 rings (SSSR count). The Kier molecular flexibility index (Phi) is 2.92. The lowest BCUT2D eigenvalue weighted by Crippen LogP contribution is -2.33. The van der Waals surface area contributed by atoms with E-state index in [1.165, 1.54) is 29.3 Å². The van der Waals surface area contributed by atoms with Crippen LogP contribution >= 0.6 is 0 Å². The third-order valence-electron chi connectivity index (χ3n) is 3.23. The Labute approximate surface area is 106 Å². The highest BCUT2D eigenvalue weighted by molar-refractivity contribution is 5.80. The highest BCUT2D eigenvalue weighted by atomic mass is 15.1. The zero-order valence-electron chi connectivity index (χ0n) is 10.3. The molecule has 0 atom stereocenters. The molecule has 0 spiro atoms. The van der Waals surface area contributed by atoms with E-state index in [0.717, 1.165) is 13.0 Å². The molecular formula is C14H18N4. The average Bonchev–Trinajstić information content (AvgIpc) is 3.05. The Morgan fingerprint density at radius 1 is 1.39 bits per heavy atom. The maximum absolute atomic E-state index is 5.79. The van der Waals surface area contributed by atoms with Gasteiger partial charge in [0.15, 0.2) is 5.96 Å². The van der Waals surface area contributed by atoms with E-state index in [1.807, 2.05) is 6.20 Å². The largest absolute Gasteiger partial charge is 0.370 e. The lowest BCUT2D eigenvalue weighted by Gasteiger charge is -2.03. The lowest BCUT2D eigenvalue weighted by atomic mass is 10.1. The number of guanidine groups is 1. The number of aliphatic imine (C=N–C) groups is 1. The Hall–Kier alpha value is -1.97. The van der Waals surface area contributed by atoms with Crippen molar-refractivity contribution >= 4 is 16.9 Å². The van der Waals surface area contributed by atoms with Gasteiger partial charge < -0.3 is 16.0 Å². The summed E-state index contributed by atoms with van der Waals surface area (Å²) in [6, 6.07) is 9.11. The molecule has 1 aliphatic carbocycles. The van der Waals surface area contributed by atoms with Gasteiger partial charge in [-0.2, -0.15) is 0 Å².